The highest BCUT2D eigenvalue weighted by atomic mass is 16.5. The Labute approximate surface area is 121 Å². The number of nitrogens with zero attached hydrogens (tertiary/aromatic N) is 2. The molecule has 0 aromatic carbocycles. The van der Waals surface area contributed by atoms with Crippen LogP contribution < -0.4 is 15.4 Å². The molecule has 0 atom stereocenters. The lowest BCUT2D eigenvalue weighted by atomic mass is 10.1. The molecular weight excluding hydrogens is 252 g/mol. The van der Waals surface area contributed by atoms with Crippen molar-refractivity contribution in [1.29, 1.82) is 0 Å². The fraction of sp³-hybridized carbons (Fsp3) is 0.600. The summed E-state index contributed by atoms with van der Waals surface area (Å²) >= 11 is 0. The maximum absolute atomic E-state index is 5.42. The molecule has 0 saturated heterocycles. The van der Waals surface area contributed by atoms with E-state index in [1.165, 1.54) is 6.42 Å². The van der Waals surface area contributed by atoms with Gasteiger partial charge in [0.05, 0.1) is 19.3 Å². The van der Waals surface area contributed by atoms with Crippen LogP contribution in [-0.2, 0) is 6.54 Å². The Morgan fingerprint density at radius 1 is 1.35 bits per heavy atom. The number of hydrogen-bond acceptors (Lipinski definition) is 3. The standard InChI is InChI=1S/C15H26N4O/c1-6-7-8-17-15(16-4)19-10-13-12(3)14(20-5)11(2)9-18-13/h9H,6-8,10H2,1-5H3,(H2,16,17,19). The zero-order chi connectivity index (χ0) is 15.0. The van der Waals surface area contributed by atoms with Crippen molar-refractivity contribution in [3.05, 3.63) is 23.0 Å². The molecule has 5 nitrogen and oxygen atoms in total. The molecule has 1 aromatic rings. The topological polar surface area (TPSA) is 58.5 Å². The predicted octanol–water partition coefficient (Wildman–Crippen LogP) is 2.17. The van der Waals surface area contributed by atoms with Crippen LogP contribution in [0.15, 0.2) is 11.2 Å². The van der Waals surface area contributed by atoms with Crippen LogP contribution in [0.1, 0.15) is 36.6 Å². The van der Waals surface area contributed by atoms with Crippen molar-refractivity contribution in [2.45, 2.75) is 40.2 Å². The van der Waals surface area contributed by atoms with Gasteiger partial charge in [0, 0.05) is 30.9 Å². The fourth-order valence-corrected chi connectivity index (χ4v) is 2.02. The van der Waals surface area contributed by atoms with Gasteiger partial charge in [-0.2, -0.15) is 0 Å². The molecule has 112 valence electrons. The van der Waals surface area contributed by atoms with Gasteiger partial charge in [0.25, 0.3) is 0 Å². The minimum atomic E-state index is 0.633. The summed E-state index contributed by atoms with van der Waals surface area (Å²) in [6, 6.07) is 0. The van der Waals surface area contributed by atoms with Gasteiger partial charge < -0.3 is 15.4 Å². The van der Waals surface area contributed by atoms with E-state index in [-0.39, 0.29) is 0 Å². The molecule has 0 aliphatic heterocycles. The molecule has 20 heavy (non-hydrogen) atoms. The van der Waals surface area contributed by atoms with Crippen LogP contribution in [0, 0.1) is 13.8 Å². The third-order valence-electron chi connectivity index (χ3n) is 3.22. The second-order valence-corrected chi connectivity index (χ2v) is 4.75. The molecule has 1 heterocycles. The summed E-state index contributed by atoms with van der Waals surface area (Å²) in [5, 5.41) is 6.56. The van der Waals surface area contributed by atoms with Crippen molar-refractivity contribution in [1.82, 2.24) is 15.6 Å². The summed E-state index contributed by atoms with van der Waals surface area (Å²) in [4.78, 5) is 8.66. The quantitative estimate of drug-likeness (QED) is 0.476. The van der Waals surface area contributed by atoms with Crippen molar-refractivity contribution in [2.75, 3.05) is 20.7 Å². The van der Waals surface area contributed by atoms with Crippen molar-refractivity contribution < 1.29 is 4.74 Å². The first kappa shape index (κ1) is 16.3. The van der Waals surface area contributed by atoms with Crippen molar-refractivity contribution in [2.24, 2.45) is 4.99 Å². The number of hydrogen-bond donors (Lipinski definition) is 2. The Bertz CT molecular complexity index is 457. The van der Waals surface area contributed by atoms with Crippen LogP contribution in [0.4, 0.5) is 0 Å². The summed E-state index contributed by atoms with van der Waals surface area (Å²) in [6.07, 6.45) is 4.15. The minimum Gasteiger partial charge on any atom is -0.496 e. The molecule has 0 aliphatic carbocycles. The van der Waals surface area contributed by atoms with Crippen molar-refractivity contribution in [3.8, 4) is 5.75 Å². The number of pyridine rings is 1. The number of aliphatic imine (C=N–C) groups is 1. The Hall–Kier alpha value is -1.78. The van der Waals surface area contributed by atoms with Crippen LogP contribution in [0.2, 0.25) is 0 Å². The van der Waals surface area contributed by atoms with Gasteiger partial charge in [-0.05, 0) is 20.3 Å². The largest absolute Gasteiger partial charge is 0.496 e. The number of ether oxygens (including phenoxy) is 1. The summed E-state index contributed by atoms with van der Waals surface area (Å²) in [5.74, 6) is 1.71. The summed E-state index contributed by atoms with van der Waals surface area (Å²) < 4.78 is 5.42. The molecule has 0 spiro atoms. The van der Waals surface area contributed by atoms with Gasteiger partial charge >= 0.3 is 0 Å². The predicted molar refractivity (Wildman–Crippen MR) is 83.4 cm³/mol. The van der Waals surface area contributed by atoms with E-state index in [4.69, 9.17) is 4.74 Å². The monoisotopic (exact) mass is 278 g/mol. The summed E-state index contributed by atoms with van der Waals surface area (Å²) in [6.45, 7) is 7.77. The van der Waals surface area contributed by atoms with Gasteiger partial charge in [-0.1, -0.05) is 13.3 Å². The van der Waals surface area contributed by atoms with Crippen molar-refractivity contribution >= 4 is 5.96 Å². The fourth-order valence-electron chi connectivity index (χ4n) is 2.02. The Kier molecular flexibility index (Phi) is 6.84. The van der Waals surface area contributed by atoms with Crippen LogP contribution in [0.25, 0.3) is 0 Å². The van der Waals surface area contributed by atoms with Gasteiger partial charge in [0.1, 0.15) is 5.75 Å². The molecule has 2 N–H and O–H groups in total. The third kappa shape index (κ3) is 4.40. The van der Waals surface area contributed by atoms with Crippen molar-refractivity contribution in [3.63, 3.8) is 0 Å². The molecule has 1 rings (SSSR count). The lowest BCUT2D eigenvalue weighted by Gasteiger charge is -2.15. The summed E-state index contributed by atoms with van der Waals surface area (Å²) in [5.41, 5.74) is 3.11. The molecule has 0 radical (unpaired) electrons. The van der Waals surface area contributed by atoms with Crippen LogP contribution in [0.3, 0.4) is 0 Å². The van der Waals surface area contributed by atoms with E-state index >= 15 is 0 Å². The van der Waals surface area contributed by atoms with Gasteiger partial charge in [-0.3, -0.25) is 9.98 Å². The zero-order valence-corrected chi connectivity index (χ0v) is 13.2. The first-order valence-electron chi connectivity index (χ1n) is 7.07. The Morgan fingerprint density at radius 2 is 2.10 bits per heavy atom. The van der Waals surface area contributed by atoms with E-state index in [0.29, 0.717) is 6.54 Å². The van der Waals surface area contributed by atoms with E-state index in [1.807, 2.05) is 20.0 Å². The number of nitrogens with one attached hydrogen (secondary N) is 2. The SMILES string of the molecule is CCCCNC(=NC)NCc1ncc(C)c(OC)c1C. The lowest BCUT2D eigenvalue weighted by Crippen LogP contribution is -2.37. The van der Waals surface area contributed by atoms with E-state index in [0.717, 1.165) is 41.5 Å². The molecule has 0 saturated carbocycles. The third-order valence-corrected chi connectivity index (χ3v) is 3.22. The van der Waals surface area contributed by atoms with Gasteiger partial charge in [-0.15, -0.1) is 0 Å². The molecule has 0 bridgehead atoms. The highest BCUT2D eigenvalue weighted by Crippen LogP contribution is 2.23. The highest BCUT2D eigenvalue weighted by molar-refractivity contribution is 5.79. The normalized spacial score (nSPS) is 11.3. The smallest absolute Gasteiger partial charge is 0.191 e. The molecule has 5 heteroatoms. The molecule has 0 amide bonds. The lowest BCUT2D eigenvalue weighted by molar-refractivity contribution is 0.406. The van der Waals surface area contributed by atoms with Gasteiger partial charge in [0.15, 0.2) is 5.96 Å². The molecule has 1 aromatic heterocycles. The number of aryl methyl sites for hydroxylation is 1. The number of aromatic nitrogens is 1. The summed E-state index contributed by atoms with van der Waals surface area (Å²) in [7, 11) is 3.47. The maximum Gasteiger partial charge on any atom is 0.191 e. The van der Waals surface area contributed by atoms with Crippen LogP contribution >= 0.6 is 0 Å². The van der Waals surface area contributed by atoms with Gasteiger partial charge in [-0.25, -0.2) is 0 Å². The van der Waals surface area contributed by atoms with E-state index < -0.39 is 0 Å². The average Bonchev–Trinajstić information content (AvgIpc) is 2.45. The minimum absolute atomic E-state index is 0.633. The molecular formula is C15H26N4O. The van der Waals surface area contributed by atoms with Gasteiger partial charge in [0.2, 0.25) is 0 Å². The number of unbranched alkanes of at least 4 members (excludes halogenated alkanes) is 1. The zero-order valence-electron chi connectivity index (χ0n) is 13.2. The first-order valence-corrected chi connectivity index (χ1v) is 7.07. The van der Waals surface area contributed by atoms with Crippen LogP contribution in [0.5, 0.6) is 5.75 Å². The second kappa shape index (κ2) is 8.40. The molecule has 0 aliphatic rings. The highest BCUT2D eigenvalue weighted by Gasteiger charge is 2.09. The first-order chi connectivity index (χ1) is 9.63. The molecule has 0 fully saturated rings. The van der Waals surface area contributed by atoms with E-state index in [2.05, 4.69) is 27.5 Å². The van der Waals surface area contributed by atoms with E-state index in [9.17, 15) is 0 Å². The Morgan fingerprint density at radius 3 is 2.70 bits per heavy atom. The molecule has 0 unspecified atom stereocenters. The van der Waals surface area contributed by atoms with Crippen LogP contribution in [-0.4, -0.2) is 31.6 Å². The average molecular weight is 278 g/mol. The number of rotatable bonds is 6. The number of guanidine groups is 1. The maximum atomic E-state index is 5.42. The Balaban J connectivity index is 2.65. The number of methoxy groups -OCH3 is 1. The second-order valence-electron chi connectivity index (χ2n) is 4.75. The van der Waals surface area contributed by atoms with E-state index in [1.54, 1.807) is 14.2 Å².